The zero-order valence-electron chi connectivity index (χ0n) is 8.83. The van der Waals surface area contributed by atoms with Crippen molar-refractivity contribution >= 4 is 27.8 Å². The van der Waals surface area contributed by atoms with Gasteiger partial charge in [0.2, 0.25) is 5.91 Å². The molecule has 1 N–H and O–H groups in total. The van der Waals surface area contributed by atoms with Crippen LogP contribution in [0.2, 0.25) is 0 Å². The van der Waals surface area contributed by atoms with Crippen LogP contribution >= 0.6 is 15.9 Å². The van der Waals surface area contributed by atoms with Crippen LogP contribution in [0.15, 0.2) is 0 Å². The molecule has 0 aromatic rings. The summed E-state index contributed by atoms with van der Waals surface area (Å²) in [6.45, 7) is 5.39. The van der Waals surface area contributed by atoms with E-state index in [1.807, 2.05) is 13.8 Å². The van der Waals surface area contributed by atoms with Crippen LogP contribution in [0.4, 0.5) is 0 Å². The van der Waals surface area contributed by atoms with Crippen LogP contribution in [0, 0.1) is 5.92 Å². The minimum Gasteiger partial charge on any atom is -0.467 e. The molecule has 14 heavy (non-hydrogen) atoms. The maximum atomic E-state index is 11.3. The zero-order chi connectivity index (χ0) is 11.3. The van der Waals surface area contributed by atoms with Gasteiger partial charge in [-0.25, -0.2) is 4.79 Å². The molecule has 0 aliphatic heterocycles. The van der Waals surface area contributed by atoms with Gasteiger partial charge in [-0.05, 0) is 12.8 Å². The summed E-state index contributed by atoms with van der Waals surface area (Å²) in [4.78, 5) is 22.3. The summed E-state index contributed by atoms with van der Waals surface area (Å²) in [6, 6.07) is -0.576. The van der Waals surface area contributed by atoms with Crippen LogP contribution in [0.5, 0.6) is 0 Å². The van der Waals surface area contributed by atoms with Crippen molar-refractivity contribution in [1.29, 1.82) is 0 Å². The molecule has 82 valence electrons. The average molecular weight is 266 g/mol. The summed E-state index contributed by atoms with van der Waals surface area (Å²) >= 11 is 3.12. The van der Waals surface area contributed by atoms with Crippen molar-refractivity contribution in [1.82, 2.24) is 5.32 Å². The van der Waals surface area contributed by atoms with Crippen molar-refractivity contribution in [2.24, 2.45) is 5.92 Å². The Morgan fingerprint density at radius 3 is 2.07 bits per heavy atom. The lowest BCUT2D eigenvalue weighted by Gasteiger charge is -2.20. The molecule has 0 spiro atoms. The maximum absolute atomic E-state index is 11.3. The topological polar surface area (TPSA) is 55.4 Å². The predicted molar refractivity (Wildman–Crippen MR) is 57.2 cm³/mol. The van der Waals surface area contributed by atoms with Crippen LogP contribution in [-0.4, -0.2) is 29.9 Å². The summed E-state index contributed by atoms with van der Waals surface area (Å²) in [5.74, 6) is -0.617. The molecular formula is C9H16BrNO3. The number of hydrogen-bond acceptors (Lipinski definition) is 3. The molecule has 5 heteroatoms. The molecule has 0 rings (SSSR count). The lowest BCUT2D eigenvalue weighted by molar-refractivity contribution is -0.146. The Morgan fingerprint density at radius 1 is 1.29 bits per heavy atom. The number of alkyl halides is 1. The molecule has 0 bridgehead atoms. The van der Waals surface area contributed by atoms with Crippen molar-refractivity contribution in [2.45, 2.75) is 31.6 Å². The van der Waals surface area contributed by atoms with Gasteiger partial charge in [-0.15, -0.1) is 0 Å². The van der Waals surface area contributed by atoms with E-state index in [0.717, 1.165) is 0 Å². The minimum absolute atomic E-state index is 0.0117. The first-order valence-corrected chi connectivity index (χ1v) is 5.34. The first-order valence-electron chi connectivity index (χ1n) is 4.42. The maximum Gasteiger partial charge on any atom is 0.328 e. The van der Waals surface area contributed by atoms with E-state index in [0.29, 0.717) is 0 Å². The lowest BCUT2D eigenvalue weighted by Crippen LogP contribution is -2.47. The molecule has 2 unspecified atom stereocenters. The molecular weight excluding hydrogens is 250 g/mol. The third-order valence-electron chi connectivity index (χ3n) is 1.78. The molecule has 1 amide bonds. The van der Waals surface area contributed by atoms with E-state index in [1.54, 1.807) is 6.92 Å². The van der Waals surface area contributed by atoms with E-state index in [9.17, 15) is 9.59 Å². The fraction of sp³-hybridized carbons (Fsp3) is 0.778. The quantitative estimate of drug-likeness (QED) is 0.612. The largest absolute Gasteiger partial charge is 0.467 e. The van der Waals surface area contributed by atoms with Crippen LogP contribution in [-0.2, 0) is 14.3 Å². The van der Waals surface area contributed by atoms with Crippen LogP contribution in [0.25, 0.3) is 0 Å². The summed E-state index contributed by atoms with van der Waals surface area (Å²) < 4.78 is 4.59. The van der Waals surface area contributed by atoms with E-state index >= 15 is 0 Å². The van der Waals surface area contributed by atoms with E-state index in [-0.39, 0.29) is 16.7 Å². The third kappa shape index (κ3) is 4.09. The molecule has 0 saturated carbocycles. The monoisotopic (exact) mass is 265 g/mol. The second-order valence-electron chi connectivity index (χ2n) is 3.37. The number of ether oxygens (including phenoxy) is 1. The highest BCUT2D eigenvalue weighted by Crippen LogP contribution is 2.05. The highest BCUT2D eigenvalue weighted by molar-refractivity contribution is 9.10. The molecule has 0 saturated heterocycles. The molecule has 0 aromatic heterocycles. The van der Waals surface area contributed by atoms with Gasteiger partial charge in [-0.1, -0.05) is 29.8 Å². The first-order chi connectivity index (χ1) is 6.40. The Bertz CT molecular complexity index is 216. The van der Waals surface area contributed by atoms with Gasteiger partial charge in [0, 0.05) is 0 Å². The average Bonchev–Trinajstić information content (AvgIpc) is 2.11. The number of methoxy groups -OCH3 is 1. The smallest absolute Gasteiger partial charge is 0.328 e. The SMILES string of the molecule is COC(=O)C(NC(=O)C(C)Br)C(C)C. The van der Waals surface area contributed by atoms with Crippen molar-refractivity contribution < 1.29 is 14.3 Å². The van der Waals surface area contributed by atoms with E-state index in [1.165, 1.54) is 7.11 Å². The number of esters is 1. The number of nitrogens with one attached hydrogen (secondary N) is 1. The van der Waals surface area contributed by atoms with Crippen LogP contribution in [0.1, 0.15) is 20.8 Å². The summed E-state index contributed by atoms with van der Waals surface area (Å²) in [7, 11) is 1.31. The first kappa shape index (κ1) is 13.4. The number of carbonyl (C=O) groups excluding carboxylic acids is 2. The molecule has 0 fully saturated rings. The Morgan fingerprint density at radius 2 is 1.79 bits per heavy atom. The summed E-state index contributed by atoms with van der Waals surface area (Å²) in [5.41, 5.74) is 0. The third-order valence-corrected chi connectivity index (χ3v) is 2.20. The second-order valence-corrected chi connectivity index (χ2v) is 4.74. The second kappa shape index (κ2) is 6.01. The molecule has 0 aromatic carbocycles. The number of hydrogen-bond donors (Lipinski definition) is 1. The predicted octanol–water partition coefficient (Wildman–Crippen LogP) is 1.08. The highest BCUT2D eigenvalue weighted by atomic mass is 79.9. The van der Waals surface area contributed by atoms with E-state index < -0.39 is 12.0 Å². The van der Waals surface area contributed by atoms with Gasteiger partial charge in [0.1, 0.15) is 6.04 Å². The molecule has 0 radical (unpaired) electrons. The summed E-state index contributed by atoms with van der Waals surface area (Å²) in [5, 5.41) is 2.61. The number of rotatable bonds is 4. The van der Waals surface area contributed by atoms with Gasteiger partial charge < -0.3 is 10.1 Å². The molecule has 0 aliphatic carbocycles. The van der Waals surface area contributed by atoms with Crippen LogP contribution in [0.3, 0.4) is 0 Å². The fourth-order valence-corrected chi connectivity index (χ4v) is 1.02. The van der Waals surface area contributed by atoms with Gasteiger partial charge in [0.05, 0.1) is 11.9 Å². The standard InChI is InChI=1S/C9H16BrNO3/c1-5(2)7(9(13)14-4)11-8(12)6(3)10/h5-7H,1-4H3,(H,11,12). The Hall–Kier alpha value is -0.580. The van der Waals surface area contributed by atoms with Gasteiger partial charge in [-0.2, -0.15) is 0 Å². The molecule has 0 aliphatic rings. The van der Waals surface area contributed by atoms with Gasteiger partial charge in [-0.3, -0.25) is 4.79 Å². The fourth-order valence-electron chi connectivity index (χ4n) is 0.893. The van der Waals surface area contributed by atoms with Crippen molar-refractivity contribution in [3.05, 3.63) is 0 Å². The number of carbonyl (C=O) groups is 2. The van der Waals surface area contributed by atoms with E-state index in [4.69, 9.17) is 0 Å². The van der Waals surface area contributed by atoms with E-state index in [2.05, 4.69) is 26.0 Å². The highest BCUT2D eigenvalue weighted by Gasteiger charge is 2.25. The number of amides is 1. The zero-order valence-corrected chi connectivity index (χ0v) is 10.4. The Kier molecular flexibility index (Phi) is 5.76. The normalized spacial score (nSPS) is 14.7. The Labute approximate surface area is 92.5 Å². The minimum atomic E-state index is -0.576. The van der Waals surface area contributed by atoms with Crippen molar-refractivity contribution in [3.8, 4) is 0 Å². The van der Waals surface area contributed by atoms with Gasteiger partial charge in [0.25, 0.3) is 0 Å². The lowest BCUT2D eigenvalue weighted by atomic mass is 10.0. The van der Waals surface area contributed by atoms with Gasteiger partial charge >= 0.3 is 5.97 Å². The molecule has 2 atom stereocenters. The van der Waals surface area contributed by atoms with Crippen molar-refractivity contribution in [2.75, 3.05) is 7.11 Å². The number of halogens is 1. The summed E-state index contributed by atoms with van der Waals surface area (Å²) in [6.07, 6.45) is 0. The van der Waals surface area contributed by atoms with Crippen LogP contribution < -0.4 is 5.32 Å². The molecule has 0 heterocycles. The molecule has 4 nitrogen and oxygen atoms in total. The Balaban J connectivity index is 4.38. The van der Waals surface area contributed by atoms with Crippen molar-refractivity contribution in [3.63, 3.8) is 0 Å². The van der Waals surface area contributed by atoms with Gasteiger partial charge in [0.15, 0.2) is 0 Å².